The molecule has 2 aromatic rings. The van der Waals surface area contributed by atoms with Crippen molar-refractivity contribution in [2.75, 3.05) is 7.05 Å². The normalized spacial score (nSPS) is 10.5. The van der Waals surface area contributed by atoms with Gasteiger partial charge in [0, 0.05) is 13.6 Å². The molecule has 0 atom stereocenters. The summed E-state index contributed by atoms with van der Waals surface area (Å²) in [6, 6.07) is 15.8. The molecule has 5 heteroatoms. The Morgan fingerprint density at radius 2 is 1.68 bits per heavy atom. The standard InChI is InChI=1S/C17H17F2NO2/c1-20(12-14-5-3-2-4-6-14)16(21)11-13-7-9-15(10-8-13)22-17(18)19/h2-10,17H,11-12H2,1H3. The number of hydrogen-bond acceptors (Lipinski definition) is 2. The monoisotopic (exact) mass is 305 g/mol. The molecular formula is C17H17F2NO2. The van der Waals surface area contributed by atoms with Crippen molar-refractivity contribution >= 4 is 5.91 Å². The number of benzene rings is 2. The van der Waals surface area contributed by atoms with E-state index in [-0.39, 0.29) is 18.1 Å². The number of halogens is 2. The van der Waals surface area contributed by atoms with Crippen LogP contribution in [0.1, 0.15) is 11.1 Å². The Morgan fingerprint density at radius 1 is 1.05 bits per heavy atom. The fraction of sp³-hybridized carbons (Fsp3) is 0.235. The molecule has 0 spiro atoms. The minimum Gasteiger partial charge on any atom is -0.435 e. The predicted molar refractivity (Wildman–Crippen MR) is 79.7 cm³/mol. The first-order valence-corrected chi connectivity index (χ1v) is 6.86. The van der Waals surface area contributed by atoms with Gasteiger partial charge < -0.3 is 9.64 Å². The summed E-state index contributed by atoms with van der Waals surface area (Å²) in [6.45, 7) is -2.31. The van der Waals surface area contributed by atoms with Crippen LogP contribution in [-0.2, 0) is 17.8 Å². The summed E-state index contributed by atoms with van der Waals surface area (Å²) in [5, 5.41) is 0. The molecule has 0 aromatic heterocycles. The highest BCUT2D eigenvalue weighted by Crippen LogP contribution is 2.15. The summed E-state index contributed by atoms with van der Waals surface area (Å²) >= 11 is 0. The molecule has 0 heterocycles. The third-order valence-corrected chi connectivity index (χ3v) is 3.19. The van der Waals surface area contributed by atoms with Gasteiger partial charge in [0.05, 0.1) is 6.42 Å². The molecule has 22 heavy (non-hydrogen) atoms. The van der Waals surface area contributed by atoms with Crippen LogP contribution in [-0.4, -0.2) is 24.5 Å². The Bertz CT molecular complexity index is 600. The summed E-state index contributed by atoms with van der Waals surface area (Å²) in [4.78, 5) is 13.8. The Labute approximate surface area is 128 Å². The van der Waals surface area contributed by atoms with E-state index in [0.717, 1.165) is 11.1 Å². The smallest absolute Gasteiger partial charge is 0.387 e. The van der Waals surface area contributed by atoms with Gasteiger partial charge in [-0.15, -0.1) is 0 Å². The molecule has 2 aromatic carbocycles. The van der Waals surface area contributed by atoms with Crippen molar-refractivity contribution in [3.05, 3.63) is 65.7 Å². The number of carbonyl (C=O) groups excluding carboxylic acids is 1. The van der Waals surface area contributed by atoms with Gasteiger partial charge in [0.15, 0.2) is 0 Å². The zero-order valence-corrected chi connectivity index (χ0v) is 12.2. The molecule has 0 fully saturated rings. The molecule has 1 amide bonds. The number of amides is 1. The van der Waals surface area contributed by atoms with Gasteiger partial charge in [-0.3, -0.25) is 4.79 Å². The van der Waals surface area contributed by atoms with Gasteiger partial charge in [-0.25, -0.2) is 0 Å². The molecular weight excluding hydrogens is 288 g/mol. The molecule has 0 saturated heterocycles. The second-order valence-corrected chi connectivity index (χ2v) is 4.93. The SMILES string of the molecule is CN(Cc1ccccc1)C(=O)Cc1ccc(OC(F)F)cc1. The van der Waals surface area contributed by atoms with Crippen LogP contribution in [0.4, 0.5) is 8.78 Å². The van der Waals surface area contributed by atoms with Gasteiger partial charge in [-0.05, 0) is 23.3 Å². The zero-order valence-electron chi connectivity index (χ0n) is 12.2. The Balaban J connectivity index is 1.90. The largest absolute Gasteiger partial charge is 0.435 e. The lowest BCUT2D eigenvalue weighted by Crippen LogP contribution is -2.27. The van der Waals surface area contributed by atoms with Gasteiger partial charge in [-0.2, -0.15) is 8.78 Å². The van der Waals surface area contributed by atoms with Crippen LogP contribution in [0, 0.1) is 0 Å². The topological polar surface area (TPSA) is 29.5 Å². The van der Waals surface area contributed by atoms with Crippen LogP contribution in [0.25, 0.3) is 0 Å². The Kier molecular flexibility index (Phi) is 5.47. The molecule has 116 valence electrons. The maximum absolute atomic E-state index is 12.2. The van der Waals surface area contributed by atoms with Gasteiger partial charge in [-0.1, -0.05) is 42.5 Å². The molecule has 0 N–H and O–H groups in total. The van der Waals surface area contributed by atoms with Crippen molar-refractivity contribution in [3.8, 4) is 5.75 Å². The molecule has 0 bridgehead atoms. The molecule has 0 radical (unpaired) electrons. The third kappa shape index (κ3) is 4.84. The highest BCUT2D eigenvalue weighted by molar-refractivity contribution is 5.78. The van der Waals surface area contributed by atoms with Crippen molar-refractivity contribution in [1.29, 1.82) is 0 Å². The number of ether oxygens (including phenoxy) is 1. The summed E-state index contributed by atoms with van der Waals surface area (Å²) in [5.41, 5.74) is 1.81. The molecule has 0 aliphatic rings. The molecule has 3 nitrogen and oxygen atoms in total. The van der Waals surface area contributed by atoms with E-state index in [4.69, 9.17) is 0 Å². The number of rotatable bonds is 6. The quantitative estimate of drug-likeness (QED) is 0.817. The lowest BCUT2D eigenvalue weighted by molar-refractivity contribution is -0.129. The number of carbonyl (C=O) groups is 1. The Morgan fingerprint density at radius 3 is 2.27 bits per heavy atom. The van der Waals surface area contributed by atoms with E-state index in [1.54, 1.807) is 24.1 Å². The summed E-state index contributed by atoms with van der Waals surface area (Å²) in [7, 11) is 1.74. The first kappa shape index (κ1) is 15.9. The number of hydrogen-bond donors (Lipinski definition) is 0. The van der Waals surface area contributed by atoms with Gasteiger partial charge in [0.1, 0.15) is 5.75 Å². The fourth-order valence-corrected chi connectivity index (χ4v) is 2.04. The van der Waals surface area contributed by atoms with Crippen LogP contribution >= 0.6 is 0 Å². The second kappa shape index (κ2) is 7.54. The molecule has 0 aliphatic heterocycles. The van der Waals surface area contributed by atoms with E-state index in [1.807, 2.05) is 30.3 Å². The fourth-order valence-electron chi connectivity index (χ4n) is 2.04. The Hall–Kier alpha value is -2.43. The van der Waals surface area contributed by atoms with Crippen molar-refractivity contribution in [2.24, 2.45) is 0 Å². The molecule has 0 unspecified atom stereocenters. The van der Waals surface area contributed by atoms with Gasteiger partial charge in [0.2, 0.25) is 5.91 Å². The van der Waals surface area contributed by atoms with E-state index < -0.39 is 6.61 Å². The average molecular weight is 305 g/mol. The van der Waals surface area contributed by atoms with E-state index in [9.17, 15) is 13.6 Å². The van der Waals surface area contributed by atoms with Crippen LogP contribution in [0.5, 0.6) is 5.75 Å². The van der Waals surface area contributed by atoms with Crippen LogP contribution in [0.15, 0.2) is 54.6 Å². The zero-order chi connectivity index (χ0) is 15.9. The minimum atomic E-state index is -2.84. The second-order valence-electron chi connectivity index (χ2n) is 4.93. The van der Waals surface area contributed by atoms with Gasteiger partial charge in [0.25, 0.3) is 0 Å². The number of nitrogens with zero attached hydrogens (tertiary/aromatic N) is 1. The highest BCUT2D eigenvalue weighted by Gasteiger charge is 2.11. The van der Waals surface area contributed by atoms with Crippen LogP contribution in [0.3, 0.4) is 0 Å². The lowest BCUT2D eigenvalue weighted by atomic mass is 10.1. The van der Waals surface area contributed by atoms with E-state index in [1.165, 1.54) is 12.1 Å². The first-order valence-electron chi connectivity index (χ1n) is 6.86. The lowest BCUT2D eigenvalue weighted by Gasteiger charge is -2.17. The van der Waals surface area contributed by atoms with E-state index >= 15 is 0 Å². The molecule has 2 rings (SSSR count). The first-order chi connectivity index (χ1) is 10.5. The van der Waals surface area contributed by atoms with Crippen molar-refractivity contribution in [3.63, 3.8) is 0 Å². The summed E-state index contributed by atoms with van der Waals surface area (Å²) in [6.07, 6.45) is 0.221. The van der Waals surface area contributed by atoms with E-state index in [0.29, 0.717) is 6.54 Å². The summed E-state index contributed by atoms with van der Waals surface area (Å²) in [5.74, 6) is 0.0511. The maximum atomic E-state index is 12.2. The number of likely N-dealkylation sites (N-methyl/N-ethyl adjacent to an activating group) is 1. The number of alkyl halides is 2. The van der Waals surface area contributed by atoms with Crippen LogP contribution < -0.4 is 4.74 Å². The third-order valence-electron chi connectivity index (χ3n) is 3.19. The highest BCUT2D eigenvalue weighted by atomic mass is 19.3. The maximum Gasteiger partial charge on any atom is 0.387 e. The van der Waals surface area contributed by atoms with E-state index in [2.05, 4.69) is 4.74 Å². The predicted octanol–water partition coefficient (Wildman–Crippen LogP) is 3.49. The van der Waals surface area contributed by atoms with Crippen molar-refractivity contribution in [2.45, 2.75) is 19.6 Å². The minimum absolute atomic E-state index is 0.0358. The van der Waals surface area contributed by atoms with Crippen LogP contribution in [0.2, 0.25) is 0 Å². The molecule has 0 saturated carbocycles. The average Bonchev–Trinajstić information content (AvgIpc) is 2.49. The van der Waals surface area contributed by atoms with Gasteiger partial charge >= 0.3 is 6.61 Å². The molecule has 0 aliphatic carbocycles. The summed E-state index contributed by atoms with van der Waals surface area (Å²) < 4.78 is 28.4. The van der Waals surface area contributed by atoms with Crippen molar-refractivity contribution in [1.82, 2.24) is 4.90 Å². The van der Waals surface area contributed by atoms with Crippen molar-refractivity contribution < 1.29 is 18.3 Å².